The number of aromatic nitrogens is 2. The Kier molecular flexibility index (Phi) is 9.08. The largest absolute Gasteiger partial charge is 0.575 e. The zero-order valence-corrected chi connectivity index (χ0v) is 22.7. The van der Waals surface area contributed by atoms with Crippen molar-refractivity contribution >= 4 is 25.9 Å². The molecule has 1 aromatic heterocycles. The monoisotopic (exact) mass is 588 g/mol. The van der Waals surface area contributed by atoms with Gasteiger partial charge in [-0.2, -0.15) is 4.98 Å². The number of rotatable bonds is 10. The molecular weight excluding hydrogens is 562 g/mol. The van der Waals surface area contributed by atoms with Gasteiger partial charge < -0.3 is 29.9 Å². The summed E-state index contributed by atoms with van der Waals surface area (Å²) in [5.74, 6) is -1.81. The lowest BCUT2D eigenvalue weighted by molar-refractivity contribution is -0.169. The van der Waals surface area contributed by atoms with Gasteiger partial charge in [-0.3, -0.25) is 13.9 Å². The topological polar surface area (TPSA) is 185 Å². The SMILES string of the molecule is C[C@H](N=[P+]([O-])Oc1ccccc1OC[C@H]1O[C@@H](n2ccc(NC(=O)c3ccccc3)nc2=O)[C@](C)(F)[C@@H]1O)C(=O)O. The Morgan fingerprint density at radius 3 is 2.54 bits per heavy atom. The summed E-state index contributed by atoms with van der Waals surface area (Å²) in [7, 11) is -2.75. The second-order valence-corrected chi connectivity index (χ2v) is 10.1. The van der Waals surface area contributed by atoms with Crippen molar-refractivity contribution in [2.45, 2.75) is 44.0 Å². The fourth-order valence-electron chi connectivity index (χ4n) is 3.90. The number of carboxylic acids is 1. The Bertz CT molecular complexity index is 1500. The molecule has 0 radical (unpaired) electrons. The van der Waals surface area contributed by atoms with E-state index >= 15 is 4.39 Å². The molecule has 13 nitrogen and oxygen atoms in total. The van der Waals surface area contributed by atoms with Crippen molar-refractivity contribution in [2.24, 2.45) is 4.74 Å². The third-order valence-electron chi connectivity index (χ3n) is 6.13. The van der Waals surface area contributed by atoms with Crippen LogP contribution in [-0.2, 0) is 9.53 Å². The average molecular weight is 588 g/mol. The number of nitrogens with one attached hydrogen (secondary N) is 1. The van der Waals surface area contributed by atoms with Gasteiger partial charge in [-0.25, -0.2) is 14.0 Å². The van der Waals surface area contributed by atoms with E-state index in [-0.39, 0.29) is 17.3 Å². The Morgan fingerprint density at radius 2 is 1.88 bits per heavy atom. The maximum Gasteiger partial charge on any atom is 0.395 e. The van der Waals surface area contributed by atoms with Crippen LogP contribution in [0, 0.1) is 0 Å². The fourth-order valence-corrected chi connectivity index (χ4v) is 4.65. The van der Waals surface area contributed by atoms with Gasteiger partial charge in [0.2, 0.25) is 5.75 Å². The number of alkyl halides is 1. The second kappa shape index (κ2) is 12.5. The summed E-state index contributed by atoms with van der Waals surface area (Å²) >= 11 is 0. The molecule has 6 atom stereocenters. The maximum atomic E-state index is 15.7. The van der Waals surface area contributed by atoms with Gasteiger partial charge in [0.1, 0.15) is 24.6 Å². The molecule has 4 rings (SSSR count). The molecule has 0 spiro atoms. The maximum absolute atomic E-state index is 15.7. The van der Waals surface area contributed by atoms with Crippen LogP contribution in [-0.4, -0.2) is 62.2 Å². The number of nitrogens with zero attached hydrogens (tertiary/aromatic N) is 3. The first-order chi connectivity index (χ1) is 19.5. The molecule has 1 saturated heterocycles. The molecule has 0 saturated carbocycles. The molecule has 3 N–H and O–H groups in total. The smallest absolute Gasteiger partial charge is 0.395 e. The van der Waals surface area contributed by atoms with E-state index in [0.717, 1.165) is 11.5 Å². The van der Waals surface area contributed by atoms with Gasteiger partial charge in [0.05, 0.1) is 0 Å². The van der Waals surface area contributed by atoms with E-state index in [0.29, 0.717) is 5.56 Å². The molecule has 1 fully saturated rings. The minimum atomic E-state index is -2.75. The summed E-state index contributed by atoms with van der Waals surface area (Å²) in [5.41, 5.74) is -3.03. The zero-order chi connectivity index (χ0) is 29.7. The highest BCUT2D eigenvalue weighted by Crippen LogP contribution is 2.41. The minimum Gasteiger partial charge on any atom is -0.575 e. The van der Waals surface area contributed by atoms with E-state index in [4.69, 9.17) is 19.1 Å². The Balaban J connectivity index is 1.45. The number of benzene rings is 2. The molecule has 3 aromatic rings. The van der Waals surface area contributed by atoms with Gasteiger partial charge in [0, 0.05) is 11.8 Å². The molecule has 0 aliphatic carbocycles. The summed E-state index contributed by atoms with van der Waals surface area (Å²) in [5, 5.41) is 22.1. The number of ether oxygens (including phenoxy) is 2. The van der Waals surface area contributed by atoms with Crippen LogP contribution >= 0.6 is 8.17 Å². The van der Waals surface area contributed by atoms with Crippen molar-refractivity contribution in [3.05, 3.63) is 82.9 Å². The van der Waals surface area contributed by atoms with E-state index in [1.807, 2.05) is 0 Å². The molecule has 2 aromatic carbocycles. The average Bonchev–Trinajstić information content (AvgIpc) is 3.16. The lowest BCUT2D eigenvalue weighted by atomic mass is 9.98. The standard InChI is InChI=1S/C26H26FN4O9P/c1-15(23(34)35)30-41(37)40-18-11-7-6-10-17(18)38-14-19-21(32)26(2,27)24(39-19)31-13-12-20(29-25(31)36)28-22(33)16-8-4-3-5-9-16/h3-13,15,19,21,24,32H,14H2,1-2H3,(H,34,35)(H,28,29,33,36)/t15-,19+,21+,24+,26+/m0/s1. The van der Waals surface area contributed by atoms with Crippen LogP contribution in [0.2, 0.25) is 0 Å². The predicted octanol–water partition coefficient (Wildman–Crippen LogP) is 2.27. The number of carboxylic acid groups (broad SMARTS) is 1. The van der Waals surface area contributed by atoms with Crippen LogP contribution in [0.15, 0.2) is 76.4 Å². The van der Waals surface area contributed by atoms with Crippen LogP contribution in [0.5, 0.6) is 11.5 Å². The van der Waals surface area contributed by atoms with E-state index in [1.54, 1.807) is 42.5 Å². The van der Waals surface area contributed by atoms with E-state index in [9.17, 15) is 24.4 Å². The molecule has 1 amide bonds. The van der Waals surface area contributed by atoms with Crippen LogP contribution in [0.1, 0.15) is 30.4 Å². The normalized spacial score (nSPS) is 23.0. The number of amides is 1. The van der Waals surface area contributed by atoms with Crippen molar-refractivity contribution in [3.63, 3.8) is 0 Å². The van der Waals surface area contributed by atoms with Gasteiger partial charge >= 0.3 is 19.8 Å². The molecule has 2 heterocycles. The van der Waals surface area contributed by atoms with E-state index < -0.39 is 62.5 Å². The van der Waals surface area contributed by atoms with E-state index in [2.05, 4.69) is 15.0 Å². The van der Waals surface area contributed by atoms with Gasteiger partial charge in [-0.1, -0.05) is 35.1 Å². The number of aliphatic hydroxyl groups excluding tert-OH is 1. The lowest BCUT2D eigenvalue weighted by Gasteiger charge is -2.24. The van der Waals surface area contributed by atoms with Crippen LogP contribution < -0.4 is 25.2 Å². The van der Waals surface area contributed by atoms with Gasteiger partial charge in [-0.05, 0) is 44.2 Å². The van der Waals surface area contributed by atoms with Crippen molar-refractivity contribution in [1.82, 2.24) is 9.55 Å². The molecule has 15 heteroatoms. The molecular formula is C26H26FN4O9P. The number of hydrogen-bond acceptors (Lipinski definition) is 10. The molecule has 1 aliphatic rings. The molecule has 1 aliphatic heterocycles. The van der Waals surface area contributed by atoms with Crippen LogP contribution in [0.4, 0.5) is 10.2 Å². The summed E-state index contributed by atoms with van der Waals surface area (Å²) in [6, 6.07) is 14.3. The van der Waals surface area contributed by atoms with Crippen molar-refractivity contribution in [1.29, 1.82) is 0 Å². The summed E-state index contributed by atoms with van der Waals surface area (Å²) in [6.07, 6.45) is -3.37. The first-order valence-corrected chi connectivity index (χ1v) is 13.4. The highest BCUT2D eigenvalue weighted by atomic mass is 31.1. The number of aliphatic carboxylic acids is 1. The number of halogens is 1. The fraction of sp³-hybridized carbons (Fsp3) is 0.308. The van der Waals surface area contributed by atoms with Gasteiger partial charge in [-0.15, -0.1) is 0 Å². The van der Waals surface area contributed by atoms with Crippen molar-refractivity contribution in [2.75, 3.05) is 11.9 Å². The minimum absolute atomic E-state index is 0.0319. The molecule has 41 heavy (non-hydrogen) atoms. The number of carbonyl (C=O) groups excluding carboxylic acids is 1. The number of carbonyl (C=O) groups is 2. The first kappa shape index (κ1) is 29.7. The zero-order valence-electron chi connectivity index (χ0n) is 21.8. The van der Waals surface area contributed by atoms with Crippen molar-refractivity contribution in [3.8, 4) is 11.5 Å². The van der Waals surface area contributed by atoms with Crippen LogP contribution in [0.3, 0.4) is 0 Å². The Hall–Kier alpha value is -4.23. The van der Waals surface area contributed by atoms with Gasteiger partial charge in [0.25, 0.3) is 5.91 Å². The number of hydrogen-bond donors (Lipinski definition) is 3. The summed E-state index contributed by atoms with van der Waals surface area (Å²) in [4.78, 5) is 52.0. The number of aliphatic hydroxyl groups is 1. The quantitative estimate of drug-likeness (QED) is 0.297. The Morgan fingerprint density at radius 1 is 1.22 bits per heavy atom. The van der Waals surface area contributed by atoms with Gasteiger partial charge in [0.15, 0.2) is 23.7 Å². The Labute approximate surface area is 233 Å². The highest BCUT2D eigenvalue weighted by Gasteiger charge is 2.55. The van der Waals surface area contributed by atoms with Crippen molar-refractivity contribution < 1.29 is 43.1 Å². The third-order valence-corrected chi connectivity index (χ3v) is 7.02. The summed E-state index contributed by atoms with van der Waals surface area (Å²) in [6.45, 7) is 1.90. The lowest BCUT2D eigenvalue weighted by Crippen LogP contribution is -2.43. The third kappa shape index (κ3) is 6.92. The molecule has 216 valence electrons. The number of para-hydroxylation sites is 2. The first-order valence-electron chi connectivity index (χ1n) is 12.3. The number of anilines is 1. The second-order valence-electron chi connectivity index (χ2n) is 9.16. The van der Waals surface area contributed by atoms with E-state index in [1.165, 1.54) is 31.3 Å². The highest BCUT2D eigenvalue weighted by molar-refractivity contribution is 7.34. The van der Waals surface area contributed by atoms with Crippen LogP contribution in [0.25, 0.3) is 0 Å². The molecule has 0 bridgehead atoms. The summed E-state index contributed by atoms with van der Waals surface area (Å²) < 4.78 is 36.6. The predicted molar refractivity (Wildman–Crippen MR) is 141 cm³/mol. The molecule has 1 unspecified atom stereocenters.